The second-order valence-corrected chi connectivity index (χ2v) is 7.46. The van der Waals surface area contributed by atoms with E-state index in [0.29, 0.717) is 27.8 Å². The van der Waals surface area contributed by atoms with Crippen LogP contribution in [0.4, 0.5) is 0 Å². The molecule has 0 bridgehead atoms. The molecule has 0 radical (unpaired) electrons. The molecule has 0 saturated carbocycles. The van der Waals surface area contributed by atoms with Crippen molar-refractivity contribution in [3.05, 3.63) is 54.1 Å². The maximum absolute atomic E-state index is 13.0. The summed E-state index contributed by atoms with van der Waals surface area (Å²) in [5, 5.41) is 11.9. The van der Waals surface area contributed by atoms with E-state index in [2.05, 4.69) is 0 Å². The van der Waals surface area contributed by atoms with Gasteiger partial charge in [-0.1, -0.05) is 12.1 Å². The highest BCUT2D eigenvalue weighted by atomic mass is 16.6. The van der Waals surface area contributed by atoms with E-state index in [1.54, 1.807) is 53.2 Å². The quantitative estimate of drug-likeness (QED) is 0.632. The van der Waals surface area contributed by atoms with Crippen molar-refractivity contribution in [2.24, 2.45) is 0 Å². The number of carbonyl (C=O) groups excluding carboxylic acids is 1. The van der Waals surface area contributed by atoms with Gasteiger partial charge in [0.1, 0.15) is 22.8 Å². The average molecular weight is 380 g/mol. The highest BCUT2D eigenvalue weighted by Crippen LogP contribution is 2.40. The molecule has 0 spiro atoms. The summed E-state index contributed by atoms with van der Waals surface area (Å²) in [5.74, 6) is 0.782. The van der Waals surface area contributed by atoms with Gasteiger partial charge in [0.05, 0.1) is 19.8 Å². The number of esters is 1. The third kappa shape index (κ3) is 3.88. The first-order chi connectivity index (χ1) is 13.2. The fourth-order valence-corrected chi connectivity index (χ4v) is 3.10. The van der Waals surface area contributed by atoms with Gasteiger partial charge in [0.15, 0.2) is 0 Å². The van der Waals surface area contributed by atoms with Crippen LogP contribution in [-0.2, 0) is 4.74 Å². The van der Waals surface area contributed by atoms with Crippen molar-refractivity contribution in [1.29, 1.82) is 0 Å². The standard InChI is InChI=1S/C23H24O5/c1-23(2,3)28-22(25)19-13-20(24)17-10-9-16(27-5)12-18(17)21(19)14-7-6-8-15(11-14)26-4/h6-13,24H,1-5H3. The van der Waals surface area contributed by atoms with Gasteiger partial charge in [0, 0.05) is 10.9 Å². The first kappa shape index (κ1) is 19.5. The number of phenols is 1. The third-order valence-electron chi connectivity index (χ3n) is 4.30. The van der Waals surface area contributed by atoms with Crippen molar-refractivity contribution in [3.8, 4) is 28.4 Å². The van der Waals surface area contributed by atoms with Gasteiger partial charge in [-0.15, -0.1) is 0 Å². The molecule has 0 heterocycles. The van der Waals surface area contributed by atoms with Crippen LogP contribution in [0, 0.1) is 0 Å². The van der Waals surface area contributed by atoms with E-state index >= 15 is 0 Å². The largest absolute Gasteiger partial charge is 0.507 e. The smallest absolute Gasteiger partial charge is 0.339 e. The van der Waals surface area contributed by atoms with Gasteiger partial charge in [0.25, 0.3) is 0 Å². The number of ether oxygens (including phenoxy) is 3. The predicted molar refractivity (Wildman–Crippen MR) is 109 cm³/mol. The minimum atomic E-state index is -0.665. The Bertz CT molecular complexity index is 1030. The summed E-state index contributed by atoms with van der Waals surface area (Å²) in [6.07, 6.45) is 0. The Morgan fingerprint density at radius 2 is 1.57 bits per heavy atom. The molecular weight excluding hydrogens is 356 g/mol. The van der Waals surface area contributed by atoms with E-state index in [-0.39, 0.29) is 11.3 Å². The zero-order chi connectivity index (χ0) is 20.5. The van der Waals surface area contributed by atoms with Crippen LogP contribution in [0.1, 0.15) is 31.1 Å². The summed E-state index contributed by atoms with van der Waals surface area (Å²) in [4.78, 5) is 13.0. The van der Waals surface area contributed by atoms with Crippen LogP contribution in [0.5, 0.6) is 17.2 Å². The Balaban J connectivity index is 2.36. The molecule has 5 nitrogen and oxygen atoms in total. The van der Waals surface area contributed by atoms with Crippen LogP contribution in [0.2, 0.25) is 0 Å². The molecule has 28 heavy (non-hydrogen) atoms. The number of benzene rings is 3. The summed E-state index contributed by atoms with van der Waals surface area (Å²) >= 11 is 0. The lowest BCUT2D eigenvalue weighted by molar-refractivity contribution is 0.00702. The van der Waals surface area contributed by atoms with E-state index in [1.807, 2.05) is 24.3 Å². The van der Waals surface area contributed by atoms with E-state index in [0.717, 1.165) is 5.56 Å². The molecule has 3 aromatic carbocycles. The second kappa shape index (κ2) is 7.43. The number of carbonyl (C=O) groups is 1. The molecule has 5 heteroatoms. The molecule has 0 aliphatic carbocycles. The Kier molecular flexibility index (Phi) is 5.18. The van der Waals surface area contributed by atoms with E-state index < -0.39 is 11.6 Å². The number of rotatable bonds is 4. The summed E-state index contributed by atoms with van der Waals surface area (Å²) in [6.45, 7) is 5.42. The molecule has 3 rings (SSSR count). The molecule has 0 fully saturated rings. The average Bonchev–Trinajstić information content (AvgIpc) is 2.66. The van der Waals surface area contributed by atoms with Crippen molar-refractivity contribution in [2.75, 3.05) is 14.2 Å². The molecule has 0 aliphatic rings. The highest BCUT2D eigenvalue weighted by molar-refractivity contribution is 6.10. The van der Waals surface area contributed by atoms with Crippen LogP contribution in [0.25, 0.3) is 21.9 Å². The SMILES string of the molecule is COc1cccc(-c2c(C(=O)OC(C)(C)C)cc(O)c3ccc(OC)cc23)c1. The Hall–Kier alpha value is -3.21. The van der Waals surface area contributed by atoms with Crippen molar-refractivity contribution in [3.63, 3.8) is 0 Å². The zero-order valence-corrected chi connectivity index (χ0v) is 16.7. The van der Waals surface area contributed by atoms with E-state index in [1.165, 1.54) is 6.07 Å². The molecular formula is C23H24O5. The van der Waals surface area contributed by atoms with Crippen molar-refractivity contribution < 1.29 is 24.1 Å². The molecule has 0 amide bonds. The van der Waals surface area contributed by atoms with Crippen molar-refractivity contribution in [1.82, 2.24) is 0 Å². The van der Waals surface area contributed by atoms with Gasteiger partial charge in [0.2, 0.25) is 0 Å². The Morgan fingerprint density at radius 3 is 2.21 bits per heavy atom. The third-order valence-corrected chi connectivity index (χ3v) is 4.30. The molecule has 0 saturated heterocycles. The second-order valence-electron chi connectivity index (χ2n) is 7.46. The van der Waals surface area contributed by atoms with E-state index in [4.69, 9.17) is 14.2 Å². The lowest BCUT2D eigenvalue weighted by atomic mass is 9.92. The first-order valence-corrected chi connectivity index (χ1v) is 8.95. The van der Waals surface area contributed by atoms with Crippen LogP contribution < -0.4 is 9.47 Å². The predicted octanol–water partition coefficient (Wildman–Crippen LogP) is 5.18. The van der Waals surface area contributed by atoms with E-state index in [9.17, 15) is 9.90 Å². The zero-order valence-electron chi connectivity index (χ0n) is 16.7. The molecule has 3 aromatic rings. The highest BCUT2D eigenvalue weighted by Gasteiger charge is 2.24. The number of methoxy groups -OCH3 is 2. The minimum Gasteiger partial charge on any atom is -0.507 e. The lowest BCUT2D eigenvalue weighted by Crippen LogP contribution is -2.24. The fraction of sp³-hybridized carbons (Fsp3) is 0.261. The van der Waals surface area contributed by atoms with Crippen LogP contribution in [0.3, 0.4) is 0 Å². The van der Waals surface area contributed by atoms with Crippen LogP contribution in [0.15, 0.2) is 48.5 Å². The normalized spacial score (nSPS) is 11.3. The van der Waals surface area contributed by atoms with Crippen molar-refractivity contribution >= 4 is 16.7 Å². The maximum atomic E-state index is 13.0. The van der Waals surface area contributed by atoms with Gasteiger partial charge in [-0.05, 0) is 68.1 Å². The van der Waals surface area contributed by atoms with Gasteiger partial charge in [-0.2, -0.15) is 0 Å². The monoisotopic (exact) mass is 380 g/mol. The summed E-state index contributed by atoms with van der Waals surface area (Å²) < 4.78 is 16.3. The van der Waals surface area contributed by atoms with Crippen LogP contribution in [-0.4, -0.2) is 30.9 Å². The van der Waals surface area contributed by atoms with Gasteiger partial charge < -0.3 is 19.3 Å². The summed E-state index contributed by atoms with van der Waals surface area (Å²) in [7, 11) is 3.16. The molecule has 0 unspecified atom stereocenters. The minimum absolute atomic E-state index is 0.00478. The molecule has 0 aromatic heterocycles. The molecule has 146 valence electrons. The molecule has 0 atom stereocenters. The summed E-state index contributed by atoms with van der Waals surface area (Å²) in [6, 6.07) is 14.2. The van der Waals surface area contributed by atoms with Crippen LogP contribution >= 0.6 is 0 Å². The number of phenolic OH excluding ortho intramolecular Hbond substituents is 1. The number of hydrogen-bond donors (Lipinski definition) is 1. The Labute approximate surface area is 164 Å². The summed E-state index contributed by atoms with van der Waals surface area (Å²) in [5.41, 5.74) is 1.04. The number of fused-ring (bicyclic) bond motifs is 1. The maximum Gasteiger partial charge on any atom is 0.339 e. The molecule has 1 N–H and O–H groups in total. The first-order valence-electron chi connectivity index (χ1n) is 8.95. The van der Waals surface area contributed by atoms with Gasteiger partial charge in [-0.25, -0.2) is 4.79 Å². The van der Waals surface area contributed by atoms with Crippen molar-refractivity contribution in [2.45, 2.75) is 26.4 Å². The Morgan fingerprint density at radius 1 is 0.893 bits per heavy atom. The number of aromatic hydroxyl groups is 1. The number of hydrogen-bond acceptors (Lipinski definition) is 5. The lowest BCUT2D eigenvalue weighted by Gasteiger charge is -2.22. The topological polar surface area (TPSA) is 65.0 Å². The van der Waals surface area contributed by atoms with Gasteiger partial charge >= 0.3 is 5.97 Å². The molecule has 0 aliphatic heterocycles. The fourth-order valence-electron chi connectivity index (χ4n) is 3.10. The van der Waals surface area contributed by atoms with Gasteiger partial charge in [-0.3, -0.25) is 0 Å².